The quantitative estimate of drug-likeness (QED) is 0.871. The maximum atomic E-state index is 13.7. The standard InChI is InChI=1S/C13H13F2NO/c1-7-5-10(12(15)6-11(7)14)13(16)9-3-4-17-8(9)2/h3-6,13H,16H2,1-2H3. The van der Waals surface area contributed by atoms with Gasteiger partial charge in [-0.05, 0) is 31.5 Å². The lowest BCUT2D eigenvalue weighted by molar-refractivity contribution is 0.524. The van der Waals surface area contributed by atoms with Gasteiger partial charge in [-0.15, -0.1) is 0 Å². The molecular formula is C13H13F2NO. The monoisotopic (exact) mass is 237 g/mol. The first-order chi connectivity index (χ1) is 8.00. The summed E-state index contributed by atoms with van der Waals surface area (Å²) in [6, 6.07) is 3.34. The van der Waals surface area contributed by atoms with Gasteiger partial charge in [0.15, 0.2) is 0 Å². The molecule has 17 heavy (non-hydrogen) atoms. The second kappa shape index (κ2) is 4.30. The molecule has 1 aromatic heterocycles. The molecule has 90 valence electrons. The molecule has 0 amide bonds. The Bertz CT molecular complexity index is 548. The maximum Gasteiger partial charge on any atom is 0.131 e. The Morgan fingerprint density at radius 3 is 2.41 bits per heavy atom. The van der Waals surface area contributed by atoms with Gasteiger partial charge in [-0.2, -0.15) is 0 Å². The van der Waals surface area contributed by atoms with Crippen LogP contribution < -0.4 is 5.73 Å². The van der Waals surface area contributed by atoms with Crippen LogP contribution in [0.2, 0.25) is 0 Å². The van der Waals surface area contributed by atoms with Crippen LogP contribution in [0.5, 0.6) is 0 Å². The van der Waals surface area contributed by atoms with E-state index in [0.717, 1.165) is 6.07 Å². The minimum atomic E-state index is -0.645. The highest BCUT2D eigenvalue weighted by Crippen LogP contribution is 2.27. The Hall–Kier alpha value is -1.68. The van der Waals surface area contributed by atoms with Gasteiger partial charge in [0.25, 0.3) is 0 Å². The van der Waals surface area contributed by atoms with Crippen molar-refractivity contribution in [3.05, 3.63) is 58.5 Å². The average molecular weight is 237 g/mol. The molecule has 2 rings (SSSR count). The molecule has 0 aliphatic rings. The van der Waals surface area contributed by atoms with Crippen molar-refractivity contribution >= 4 is 0 Å². The summed E-state index contributed by atoms with van der Waals surface area (Å²) < 4.78 is 31.9. The first-order valence-corrected chi connectivity index (χ1v) is 5.26. The van der Waals surface area contributed by atoms with Crippen LogP contribution >= 0.6 is 0 Å². The number of halogens is 2. The zero-order valence-corrected chi connectivity index (χ0v) is 9.63. The molecule has 2 aromatic rings. The molecule has 0 radical (unpaired) electrons. The third-order valence-electron chi connectivity index (χ3n) is 2.85. The first-order valence-electron chi connectivity index (χ1n) is 5.26. The molecule has 0 fully saturated rings. The number of hydrogen-bond acceptors (Lipinski definition) is 2. The van der Waals surface area contributed by atoms with E-state index >= 15 is 0 Å². The lowest BCUT2D eigenvalue weighted by Crippen LogP contribution is -2.14. The molecular weight excluding hydrogens is 224 g/mol. The number of aryl methyl sites for hydroxylation is 2. The summed E-state index contributed by atoms with van der Waals surface area (Å²) >= 11 is 0. The Labute approximate surface area is 98.0 Å². The van der Waals surface area contributed by atoms with Gasteiger partial charge in [-0.25, -0.2) is 8.78 Å². The van der Waals surface area contributed by atoms with Crippen molar-refractivity contribution in [3.8, 4) is 0 Å². The summed E-state index contributed by atoms with van der Waals surface area (Å²) in [6.45, 7) is 3.33. The van der Waals surface area contributed by atoms with E-state index in [9.17, 15) is 8.78 Å². The van der Waals surface area contributed by atoms with Crippen LogP contribution in [0, 0.1) is 25.5 Å². The van der Waals surface area contributed by atoms with Crippen LogP contribution in [0.4, 0.5) is 8.78 Å². The van der Waals surface area contributed by atoms with Gasteiger partial charge in [0.1, 0.15) is 17.4 Å². The van der Waals surface area contributed by atoms with Crippen LogP contribution in [0.15, 0.2) is 28.9 Å². The molecule has 0 aliphatic carbocycles. The highest BCUT2D eigenvalue weighted by atomic mass is 19.1. The Morgan fingerprint density at radius 1 is 1.12 bits per heavy atom. The van der Waals surface area contributed by atoms with E-state index in [2.05, 4.69) is 0 Å². The fourth-order valence-corrected chi connectivity index (χ4v) is 1.80. The topological polar surface area (TPSA) is 39.2 Å². The van der Waals surface area contributed by atoms with E-state index in [4.69, 9.17) is 10.2 Å². The Morgan fingerprint density at radius 2 is 1.82 bits per heavy atom. The smallest absolute Gasteiger partial charge is 0.131 e. The zero-order chi connectivity index (χ0) is 12.6. The molecule has 0 bridgehead atoms. The maximum absolute atomic E-state index is 13.7. The fourth-order valence-electron chi connectivity index (χ4n) is 1.80. The third kappa shape index (κ3) is 2.08. The van der Waals surface area contributed by atoms with Crippen LogP contribution in [-0.4, -0.2) is 0 Å². The van der Waals surface area contributed by atoms with Gasteiger partial charge < -0.3 is 10.2 Å². The van der Waals surface area contributed by atoms with E-state index in [1.165, 1.54) is 12.3 Å². The lowest BCUT2D eigenvalue weighted by Gasteiger charge is -2.13. The van der Waals surface area contributed by atoms with Crippen molar-refractivity contribution in [2.75, 3.05) is 0 Å². The summed E-state index contributed by atoms with van der Waals surface area (Å²) in [6.07, 6.45) is 1.50. The fraction of sp³-hybridized carbons (Fsp3) is 0.231. The van der Waals surface area contributed by atoms with Gasteiger partial charge in [-0.3, -0.25) is 0 Å². The summed E-state index contributed by atoms with van der Waals surface area (Å²) in [5.41, 5.74) is 7.31. The highest BCUT2D eigenvalue weighted by molar-refractivity contribution is 5.36. The van der Waals surface area contributed by atoms with Crippen LogP contribution in [0.3, 0.4) is 0 Å². The summed E-state index contributed by atoms with van der Waals surface area (Å²) in [5.74, 6) is -0.567. The van der Waals surface area contributed by atoms with Crippen LogP contribution in [0.25, 0.3) is 0 Å². The van der Waals surface area contributed by atoms with E-state index in [1.54, 1.807) is 19.9 Å². The molecule has 0 aliphatic heterocycles. The van der Waals surface area contributed by atoms with Crippen molar-refractivity contribution in [3.63, 3.8) is 0 Å². The summed E-state index contributed by atoms with van der Waals surface area (Å²) in [4.78, 5) is 0. The highest BCUT2D eigenvalue weighted by Gasteiger charge is 2.18. The number of nitrogens with two attached hydrogens (primary N) is 1. The van der Waals surface area contributed by atoms with Crippen molar-refractivity contribution in [2.45, 2.75) is 19.9 Å². The average Bonchev–Trinajstić information content (AvgIpc) is 2.69. The van der Waals surface area contributed by atoms with E-state index in [1.807, 2.05) is 0 Å². The third-order valence-corrected chi connectivity index (χ3v) is 2.85. The second-order valence-electron chi connectivity index (χ2n) is 4.03. The Kier molecular flexibility index (Phi) is 2.98. The van der Waals surface area contributed by atoms with Crippen molar-refractivity contribution in [1.82, 2.24) is 0 Å². The predicted molar refractivity (Wildman–Crippen MR) is 60.6 cm³/mol. The van der Waals surface area contributed by atoms with Crippen LogP contribution in [0.1, 0.15) is 28.5 Å². The number of furan rings is 1. The second-order valence-corrected chi connectivity index (χ2v) is 4.03. The predicted octanol–water partition coefficient (Wildman–Crippen LogP) is 3.22. The normalized spacial score (nSPS) is 12.8. The zero-order valence-electron chi connectivity index (χ0n) is 9.63. The number of benzene rings is 1. The Balaban J connectivity index is 2.48. The summed E-state index contributed by atoms with van der Waals surface area (Å²) in [5, 5.41) is 0. The van der Waals surface area contributed by atoms with Crippen molar-refractivity contribution in [2.24, 2.45) is 5.73 Å². The molecule has 1 atom stereocenters. The first kappa shape index (κ1) is 11.8. The SMILES string of the molecule is Cc1cc(C(N)c2ccoc2C)c(F)cc1F. The van der Waals surface area contributed by atoms with Gasteiger partial charge in [0, 0.05) is 17.2 Å². The molecule has 1 unspecified atom stereocenters. The summed E-state index contributed by atoms with van der Waals surface area (Å²) in [7, 11) is 0. The largest absolute Gasteiger partial charge is 0.469 e. The molecule has 2 nitrogen and oxygen atoms in total. The van der Waals surface area contributed by atoms with Gasteiger partial charge in [0.05, 0.1) is 12.3 Å². The number of hydrogen-bond donors (Lipinski definition) is 1. The van der Waals surface area contributed by atoms with Gasteiger partial charge in [-0.1, -0.05) is 0 Å². The van der Waals surface area contributed by atoms with Crippen molar-refractivity contribution in [1.29, 1.82) is 0 Å². The van der Waals surface area contributed by atoms with E-state index in [-0.39, 0.29) is 5.56 Å². The molecule has 1 aromatic carbocycles. The van der Waals surface area contributed by atoms with Crippen LogP contribution in [-0.2, 0) is 0 Å². The minimum absolute atomic E-state index is 0.272. The molecule has 2 N–H and O–H groups in total. The molecule has 4 heteroatoms. The van der Waals surface area contributed by atoms with Gasteiger partial charge in [0.2, 0.25) is 0 Å². The molecule has 0 spiro atoms. The van der Waals surface area contributed by atoms with E-state index < -0.39 is 17.7 Å². The van der Waals surface area contributed by atoms with Gasteiger partial charge >= 0.3 is 0 Å². The molecule has 0 saturated carbocycles. The van der Waals surface area contributed by atoms with E-state index in [0.29, 0.717) is 16.9 Å². The lowest BCUT2D eigenvalue weighted by atomic mass is 9.98. The number of rotatable bonds is 2. The molecule has 1 heterocycles. The molecule has 0 saturated heterocycles. The van der Waals surface area contributed by atoms with Crippen molar-refractivity contribution < 1.29 is 13.2 Å². The minimum Gasteiger partial charge on any atom is -0.469 e.